The van der Waals surface area contributed by atoms with E-state index in [2.05, 4.69) is 6.92 Å². The fraction of sp³-hybridized carbons (Fsp3) is 0.800. The first kappa shape index (κ1) is 13.9. The van der Waals surface area contributed by atoms with Gasteiger partial charge < -0.3 is 9.42 Å². The second kappa shape index (κ2) is 8.22. The summed E-state index contributed by atoms with van der Waals surface area (Å²) in [5.74, 6) is 0. The fourth-order valence-corrected chi connectivity index (χ4v) is 2.13. The molecule has 0 amide bonds. The molecule has 1 N–H and O–H groups in total. The Balaban J connectivity index is 3.56. The number of allylic oxidation sites excluding steroid dienone is 1. The molecule has 0 rings (SSSR count). The Hall–Kier alpha value is -0.110. The van der Waals surface area contributed by atoms with Crippen LogP contribution >= 0.6 is 7.60 Å². The Morgan fingerprint density at radius 1 is 1.36 bits per heavy atom. The van der Waals surface area contributed by atoms with E-state index in [-0.39, 0.29) is 12.8 Å². The predicted octanol–water partition coefficient (Wildman–Crippen LogP) is 3.34. The van der Waals surface area contributed by atoms with Gasteiger partial charge in [-0.1, -0.05) is 38.3 Å². The molecule has 0 saturated heterocycles. The van der Waals surface area contributed by atoms with Crippen molar-refractivity contribution in [1.82, 2.24) is 0 Å². The van der Waals surface area contributed by atoms with Gasteiger partial charge in [-0.25, -0.2) is 0 Å². The summed E-state index contributed by atoms with van der Waals surface area (Å²) in [4.78, 5) is 9.34. The first-order chi connectivity index (χ1) is 6.62. The maximum Gasteiger partial charge on any atom is 0.328 e. The molecule has 3 nitrogen and oxygen atoms in total. The van der Waals surface area contributed by atoms with Gasteiger partial charge in [-0.15, -0.1) is 0 Å². The third kappa shape index (κ3) is 8.49. The highest BCUT2D eigenvalue weighted by molar-refractivity contribution is 7.52. The van der Waals surface area contributed by atoms with Gasteiger partial charge in [0.15, 0.2) is 0 Å². The topological polar surface area (TPSA) is 46.5 Å². The van der Waals surface area contributed by atoms with Crippen LogP contribution in [0.5, 0.6) is 0 Å². The Morgan fingerprint density at radius 2 is 2.07 bits per heavy atom. The monoisotopic (exact) mass is 220 g/mol. The third-order valence-electron chi connectivity index (χ3n) is 1.90. The molecule has 1 unspecified atom stereocenters. The zero-order chi connectivity index (χ0) is 10.9. The van der Waals surface area contributed by atoms with E-state index < -0.39 is 7.60 Å². The minimum Gasteiger partial charge on any atom is -0.324 e. The molecule has 0 radical (unpaired) electrons. The minimum atomic E-state index is -3.31. The van der Waals surface area contributed by atoms with Crippen molar-refractivity contribution in [2.24, 2.45) is 0 Å². The Kier molecular flexibility index (Phi) is 8.15. The fourth-order valence-electron chi connectivity index (χ4n) is 1.06. The van der Waals surface area contributed by atoms with Crippen LogP contribution in [0.3, 0.4) is 0 Å². The third-order valence-corrected chi connectivity index (χ3v) is 3.34. The van der Waals surface area contributed by atoms with Gasteiger partial charge in [-0.05, 0) is 13.3 Å². The second-order valence-electron chi connectivity index (χ2n) is 3.29. The molecule has 0 aliphatic rings. The molecule has 0 bridgehead atoms. The van der Waals surface area contributed by atoms with Gasteiger partial charge in [-0.2, -0.15) is 0 Å². The first-order valence-corrected chi connectivity index (χ1v) is 6.96. The molecule has 1 atom stereocenters. The highest BCUT2D eigenvalue weighted by Crippen LogP contribution is 2.42. The molecular formula is C10H21O3P. The van der Waals surface area contributed by atoms with E-state index in [4.69, 9.17) is 4.52 Å². The van der Waals surface area contributed by atoms with Crippen molar-refractivity contribution in [3.8, 4) is 0 Å². The summed E-state index contributed by atoms with van der Waals surface area (Å²) in [7, 11) is -3.31. The Labute approximate surface area is 86.7 Å². The van der Waals surface area contributed by atoms with E-state index in [1.807, 2.05) is 6.92 Å². The van der Waals surface area contributed by atoms with Gasteiger partial charge >= 0.3 is 7.60 Å². The standard InChI is InChI=1S/C10H21O3P/c1-3-5-7-8-10-14(11,12)13-9-6-4-2/h4,6H,3,5,7-10H2,1-2H3,(H,11,12). The molecule has 0 aromatic heterocycles. The van der Waals surface area contributed by atoms with E-state index in [0.29, 0.717) is 0 Å². The van der Waals surface area contributed by atoms with Crippen molar-refractivity contribution in [2.75, 3.05) is 12.8 Å². The van der Waals surface area contributed by atoms with Crippen LogP contribution in [0.15, 0.2) is 12.2 Å². The lowest BCUT2D eigenvalue weighted by Crippen LogP contribution is -1.95. The second-order valence-corrected chi connectivity index (χ2v) is 5.27. The first-order valence-electron chi connectivity index (χ1n) is 5.20. The van der Waals surface area contributed by atoms with E-state index in [0.717, 1.165) is 25.7 Å². The van der Waals surface area contributed by atoms with Crippen molar-refractivity contribution < 1.29 is 14.0 Å². The molecule has 0 aromatic carbocycles. The summed E-state index contributed by atoms with van der Waals surface area (Å²) in [5.41, 5.74) is 0. The van der Waals surface area contributed by atoms with Gasteiger partial charge in [0.25, 0.3) is 0 Å². The van der Waals surface area contributed by atoms with Crippen LogP contribution in [0.4, 0.5) is 0 Å². The summed E-state index contributed by atoms with van der Waals surface area (Å²) in [6.07, 6.45) is 7.85. The molecular weight excluding hydrogens is 199 g/mol. The van der Waals surface area contributed by atoms with Gasteiger partial charge in [0.1, 0.15) is 0 Å². The Morgan fingerprint density at radius 3 is 2.64 bits per heavy atom. The summed E-state index contributed by atoms with van der Waals surface area (Å²) in [6, 6.07) is 0. The van der Waals surface area contributed by atoms with Crippen LogP contribution in [0.2, 0.25) is 0 Å². The van der Waals surface area contributed by atoms with Crippen LogP contribution in [0.1, 0.15) is 39.5 Å². The van der Waals surface area contributed by atoms with Crippen molar-refractivity contribution in [2.45, 2.75) is 39.5 Å². The zero-order valence-corrected chi connectivity index (χ0v) is 10.0. The lowest BCUT2D eigenvalue weighted by Gasteiger charge is -2.09. The normalized spacial score (nSPS) is 15.9. The lowest BCUT2D eigenvalue weighted by atomic mass is 10.2. The highest BCUT2D eigenvalue weighted by Gasteiger charge is 2.17. The van der Waals surface area contributed by atoms with E-state index in [1.54, 1.807) is 12.2 Å². The molecule has 4 heteroatoms. The summed E-state index contributed by atoms with van der Waals surface area (Å²) < 4.78 is 16.2. The molecule has 0 aromatic rings. The summed E-state index contributed by atoms with van der Waals surface area (Å²) in [6.45, 7) is 4.20. The molecule has 0 fully saturated rings. The molecule has 0 spiro atoms. The molecule has 14 heavy (non-hydrogen) atoms. The largest absolute Gasteiger partial charge is 0.328 e. The van der Waals surface area contributed by atoms with Crippen LogP contribution in [0, 0.1) is 0 Å². The number of hydrogen-bond donors (Lipinski definition) is 1. The van der Waals surface area contributed by atoms with Crippen molar-refractivity contribution in [3.05, 3.63) is 12.2 Å². The summed E-state index contributed by atoms with van der Waals surface area (Å²) in [5, 5.41) is 0. The molecule has 0 aliphatic carbocycles. The average molecular weight is 220 g/mol. The minimum absolute atomic E-state index is 0.234. The van der Waals surface area contributed by atoms with Crippen LogP contribution < -0.4 is 0 Å². The highest BCUT2D eigenvalue weighted by atomic mass is 31.2. The van der Waals surface area contributed by atoms with E-state index in [9.17, 15) is 9.46 Å². The van der Waals surface area contributed by atoms with Crippen molar-refractivity contribution >= 4 is 7.60 Å². The van der Waals surface area contributed by atoms with Gasteiger partial charge in [0.2, 0.25) is 0 Å². The van der Waals surface area contributed by atoms with Crippen LogP contribution in [-0.4, -0.2) is 17.7 Å². The van der Waals surface area contributed by atoms with Crippen LogP contribution in [0.25, 0.3) is 0 Å². The predicted molar refractivity (Wildman–Crippen MR) is 59.6 cm³/mol. The van der Waals surface area contributed by atoms with E-state index >= 15 is 0 Å². The van der Waals surface area contributed by atoms with Crippen LogP contribution in [-0.2, 0) is 9.09 Å². The molecule has 0 heterocycles. The molecule has 0 saturated carbocycles. The Bertz CT molecular complexity index is 202. The number of rotatable bonds is 8. The lowest BCUT2D eigenvalue weighted by molar-refractivity contribution is 0.286. The van der Waals surface area contributed by atoms with Gasteiger partial charge in [0, 0.05) is 6.16 Å². The average Bonchev–Trinajstić information content (AvgIpc) is 2.13. The van der Waals surface area contributed by atoms with Crippen molar-refractivity contribution in [1.29, 1.82) is 0 Å². The maximum atomic E-state index is 11.4. The number of unbranched alkanes of at least 4 members (excludes halogenated alkanes) is 3. The summed E-state index contributed by atoms with van der Waals surface area (Å²) >= 11 is 0. The smallest absolute Gasteiger partial charge is 0.324 e. The van der Waals surface area contributed by atoms with Gasteiger partial charge in [0.05, 0.1) is 6.61 Å². The zero-order valence-electron chi connectivity index (χ0n) is 9.11. The SMILES string of the molecule is CC=CCOP(=O)(O)CCCCCC. The quantitative estimate of drug-likeness (QED) is 0.387. The molecule has 84 valence electrons. The van der Waals surface area contributed by atoms with E-state index in [1.165, 1.54) is 0 Å². The van der Waals surface area contributed by atoms with Gasteiger partial charge in [-0.3, -0.25) is 4.57 Å². The molecule has 0 aliphatic heterocycles. The number of hydrogen-bond acceptors (Lipinski definition) is 2. The van der Waals surface area contributed by atoms with Crippen molar-refractivity contribution in [3.63, 3.8) is 0 Å². The maximum absolute atomic E-state index is 11.4.